The molecule has 1 amide bonds. The van der Waals surface area contributed by atoms with Crippen LogP contribution in [0.3, 0.4) is 0 Å². The topological polar surface area (TPSA) is 89.3 Å². The van der Waals surface area contributed by atoms with Crippen LogP contribution in [-0.4, -0.2) is 20.1 Å². The largest absolute Gasteiger partial charge is 0.293 e. The standard InChI is InChI=1S/C9H11ClN2O3S/c10-8-3-1-7(2-4-8)5-16(14,15)6-9(13)12-11/h1-4H,5-6,11H2,(H,12,13). The van der Waals surface area contributed by atoms with Crippen molar-refractivity contribution in [2.75, 3.05) is 5.75 Å². The molecule has 0 aliphatic heterocycles. The van der Waals surface area contributed by atoms with Crippen LogP contribution in [-0.2, 0) is 20.4 Å². The zero-order valence-corrected chi connectivity index (χ0v) is 9.88. The molecule has 0 heterocycles. The van der Waals surface area contributed by atoms with Gasteiger partial charge in [-0.2, -0.15) is 0 Å². The number of hydrogen-bond acceptors (Lipinski definition) is 4. The molecule has 1 aromatic carbocycles. The van der Waals surface area contributed by atoms with E-state index in [9.17, 15) is 13.2 Å². The summed E-state index contributed by atoms with van der Waals surface area (Å²) < 4.78 is 23.0. The number of benzene rings is 1. The molecule has 0 aliphatic rings. The van der Waals surface area contributed by atoms with Gasteiger partial charge in [0.2, 0.25) is 5.91 Å². The molecule has 3 N–H and O–H groups in total. The van der Waals surface area contributed by atoms with E-state index in [0.29, 0.717) is 10.6 Å². The third-order valence-corrected chi connectivity index (χ3v) is 3.54. The maximum absolute atomic E-state index is 11.5. The van der Waals surface area contributed by atoms with E-state index in [1.165, 1.54) is 0 Å². The van der Waals surface area contributed by atoms with Gasteiger partial charge in [-0.15, -0.1) is 0 Å². The highest BCUT2D eigenvalue weighted by Crippen LogP contribution is 2.12. The van der Waals surface area contributed by atoms with Crippen molar-refractivity contribution >= 4 is 27.3 Å². The fourth-order valence-electron chi connectivity index (χ4n) is 1.13. The minimum absolute atomic E-state index is 0.211. The van der Waals surface area contributed by atoms with Gasteiger partial charge in [0.1, 0.15) is 5.75 Å². The van der Waals surface area contributed by atoms with E-state index >= 15 is 0 Å². The molecule has 0 aliphatic carbocycles. The molecule has 5 nitrogen and oxygen atoms in total. The lowest BCUT2D eigenvalue weighted by molar-refractivity contribution is -0.118. The molecule has 0 fully saturated rings. The Bertz CT molecular complexity index is 470. The number of hydrazine groups is 1. The van der Waals surface area contributed by atoms with E-state index < -0.39 is 21.5 Å². The molecule has 1 rings (SSSR count). The zero-order chi connectivity index (χ0) is 12.2. The highest BCUT2D eigenvalue weighted by Gasteiger charge is 2.16. The lowest BCUT2D eigenvalue weighted by Gasteiger charge is -2.03. The average molecular weight is 263 g/mol. The Kier molecular flexibility index (Phi) is 4.28. The van der Waals surface area contributed by atoms with Gasteiger partial charge in [-0.25, -0.2) is 14.3 Å². The fraction of sp³-hybridized carbons (Fsp3) is 0.222. The van der Waals surface area contributed by atoms with Crippen molar-refractivity contribution < 1.29 is 13.2 Å². The summed E-state index contributed by atoms with van der Waals surface area (Å²) in [4.78, 5) is 10.8. The lowest BCUT2D eigenvalue weighted by Crippen LogP contribution is -2.35. The third kappa shape index (κ3) is 4.18. The van der Waals surface area contributed by atoms with Gasteiger partial charge >= 0.3 is 0 Å². The van der Waals surface area contributed by atoms with Crippen molar-refractivity contribution in [3.8, 4) is 0 Å². The van der Waals surface area contributed by atoms with Crippen LogP contribution in [0.4, 0.5) is 0 Å². The Morgan fingerprint density at radius 1 is 1.31 bits per heavy atom. The smallest absolute Gasteiger partial charge is 0.249 e. The summed E-state index contributed by atoms with van der Waals surface area (Å²) >= 11 is 5.66. The summed E-state index contributed by atoms with van der Waals surface area (Å²) in [6.45, 7) is 0. The molecular formula is C9H11ClN2O3S. The second kappa shape index (κ2) is 5.29. The molecule has 0 atom stereocenters. The first-order valence-corrected chi connectivity index (χ1v) is 6.57. The van der Waals surface area contributed by atoms with Gasteiger partial charge in [0.05, 0.1) is 5.75 Å². The van der Waals surface area contributed by atoms with Crippen LogP contribution in [0.25, 0.3) is 0 Å². The van der Waals surface area contributed by atoms with Crippen molar-refractivity contribution in [3.05, 3.63) is 34.9 Å². The Labute approximate surface area is 98.5 Å². The molecule has 0 spiro atoms. The minimum atomic E-state index is -3.49. The maximum atomic E-state index is 11.5. The van der Waals surface area contributed by atoms with Gasteiger partial charge in [-0.05, 0) is 17.7 Å². The van der Waals surface area contributed by atoms with Crippen molar-refractivity contribution in [3.63, 3.8) is 0 Å². The van der Waals surface area contributed by atoms with Crippen molar-refractivity contribution in [1.82, 2.24) is 5.43 Å². The van der Waals surface area contributed by atoms with E-state index in [2.05, 4.69) is 0 Å². The number of rotatable bonds is 4. The molecule has 0 saturated heterocycles. The molecule has 0 aromatic heterocycles. The Hall–Kier alpha value is -1.11. The Balaban J connectivity index is 2.73. The molecule has 88 valence electrons. The van der Waals surface area contributed by atoms with Crippen molar-refractivity contribution in [1.29, 1.82) is 0 Å². The molecule has 1 aromatic rings. The first kappa shape index (κ1) is 13.0. The molecule has 7 heteroatoms. The maximum Gasteiger partial charge on any atom is 0.249 e. The Morgan fingerprint density at radius 2 is 1.88 bits per heavy atom. The number of carbonyl (C=O) groups excluding carboxylic acids is 1. The van der Waals surface area contributed by atoms with Gasteiger partial charge in [-0.1, -0.05) is 23.7 Å². The van der Waals surface area contributed by atoms with Crippen LogP contribution in [0.15, 0.2) is 24.3 Å². The van der Waals surface area contributed by atoms with Crippen LogP contribution >= 0.6 is 11.6 Å². The van der Waals surface area contributed by atoms with Crippen LogP contribution in [0.5, 0.6) is 0 Å². The summed E-state index contributed by atoms with van der Waals surface area (Å²) in [5, 5.41) is 0.529. The van der Waals surface area contributed by atoms with Crippen LogP contribution < -0.4 is 11.3 Å². The fourth-order valence-corrected chi connectivity index (χ4v) is 2.54. The molecule has 0 radical (unpaired) electrons. The number of sulfone groups is 1. The molecule has 0 unspecified atom stereocenters. The quantitative estimate of drug-likeness (QED) is 0.462. The second-order valence-corrected chi connectivity index (χ2v) is 5.73. The van der Waals surface area contributed by atoms with Crippen molar-refractivity contribution in [2.24, 2.45) is 5.84 Å². The number of nitrogens with one attached hydrogen (secondary N) is 1. The molecule has 16 heavy (non-hydrogen) atoms. The van der Waals surface area contributed by atoms with Crippen LogP contribution in [0, 0.1) is 0 Å². The number of hydrogen-bond donors (Lipinski definition) is 2. The number of amides is 1. The average Bonchev–Trinajstić information content (AvgIpc) is 2.20. The minimum Gasteiger partial charge on any atom is -0.293 e. The van der Waals surface area contributed by atoms with Crippen LogP contribution in [0.2, 0.25) is 5.02 Å². The predicted octanol–water partition coefficient (Wildman–Crippen LogP) is 0.245. The van der Waals surface area contributed by atoms with Gasteiger partial charge in [0.25, 0.3) is 0 Å². The van der Waals surface area contributed by atoms with E-state index in [1.54, 1.807) is 29.7 Å². The number of carbonyl (C=O) groups is 1. The van der Waals surface area contributed by atoms with E-state index in [4.69, 9.17) is 17.4 Å². The van der Waals surface area contributed by atoms with Crippen LogP contribution in [0.1, 0.15) is 5.56 Å². The second-order valence-electron chi connectivity index (χ2n) is 3.23. The zero-order valence-electron chi connectivity index (χ0n) is 8.31. The molecule has 0 saturated carbocycles. The highest BCUT2D eigenvalue weighted by atomic mass is 35.5. The van der Waals surface area contributed by atoms with E-state index in [0.717, 1.165) is 0 Å². The predicted molar refractivity (Wildman–Crippen MR) is 61.3 cm³/mol. The number of nitrogens with two attached hydrogens (primary N) is 1. The summed E-state index contributed by atoms with van der Waals surface area (Å²) in [6.07, 6.45) is 0. The SMILES string of the molecule is NNC(=O)CS(=O)(=O)Cc1ccc(Cl)cc1. The molecular weight excluding hydrogens is 252 g/mol. The van der Waals surface area contributed by atoms with Gasteiger partial charge in [0, 0.05) is 5.02 Å². The Morgan fingerprint density at radius 3 is 2.38 bits per heavy atom. The van der Waals surface area contributed by atoms with Gasteiger partial charge in [0.15, 0.2) is 9.84 Å². The van der Waals surface area contributed by atoms with E-state index in [1.807, 2.05) is 0 Å². The summed E-state index contributed by atoms with van der Waals surface area (Å²) in [6, 6.07) is 6.38. The highest BCUT2D eigenvalue weighted by molar-refractivity contribution is 7.91. The third-order valence-electron chi connectivity index (χ3n) is 1.81. The lowest BCUT2D eigenvalue weighted by atomic mass is 10.2. The summed E-state index contributed by atoms with van der Waals surface area (Å²) in [7, 11) is -3.49. The summed E-state index contributed by atoms with van der Waals surface area (Å²) in [5.74, 6) is 3.25. The first-order chi connectivity index (χ1) is 7.43. The first-order valence-electron chi connectivity index (χ1n) is 4.37. The summed E-state index contributed by atoms with van der Waals surface area (Å²) in [5.41, 5.74) is 2.35. The normalized spacial score (nSPS) is 11.1. The van der Waals surface area contributed by atoms with Gasteiger partial charge < -0.3 is 0 Å². The molecule has 0 bridgehead atoms. The van der Waals surface area contributed by atoms with E-state index in [-0.39, 0.29) is 5.75 Å². The number of halogens is 1. The monoisotopic (exact) mass is 262 g/mol. The van der Waals surface area contributed by atoms with Crippen molar-refractivity contribution in [2.45, 2.75) is 5.75 Å². The van der Waals surface area contributed by atoms with Gasteiger partial charge in [-0.3, -0.25) is 10.2 Å².